The predicted octanol–water partition coefficient (Wildman–Crippen LogP) is 1.24. The van der Waals surface area contributed by atoms with Gasteiger partial charge in [-0.2, -0.15) is 0 Å². The molecule has 0 aromatic heterocycles. The van der Waals surface area contributed by atoms with Crippen LogP contribution in [0.5, 0.6) is 5.75 Å². The smallest absolute Gasteiger partial charge is 0.303 e. The van der Waals surface area contributed by atoms with Crippen molar-refractivity contribution in [3.05, 3.63) is 29.8 Å². The first-order chi connectivity index (χ1) is 8.80. The Hall–Kier alpha value is -1.60. The van der Waals surface area contributed by atoms with Crippen LogP contribution in [0, 0.1) is 0 Å². The fourth-order valence-corrected chi connectivity index (χ4v) is 2.92. The number of carbonyl (C=O) groups is 1. The van der Waals surface area contributed by atoms with E-state index in [1.807, 2.05) is 0 Å². The van der Waals surface area contributed by atoms with E-state index in [0.29, 0.717) is 5.56 Å². The van der Waals surface area contributed by atoms with Gasteiger partial charge in [0.15, 0.2) is 0 Å². The summed E-state index contributed by atoms with van der Waals surface area (Å²) in [6, 6.07) is 5.81. The Morgan fingerprint density at radius 1 is 1.42 bits per heavy atom. The molecule has 0 heterocycles. The maximum atomic E-state index is 11.7. The molecular formula is C12H17NO5S. The van der Waals surface area contributed by atoms with Crippen LogP contribution in [0.25, 0.3) is 0 Å². The van der Waals surface area contributed by atoms with E-state index in [4.69, 9.17) is 5.11 Å². The molecule has 106 valence electrons. The van der Waals surface area contributed by atoms with Crippen molar-refractivity contribution in [1.82, 2.24) is 4.72 Å². The van der Waals surface area contributed by atoms with Gasteiger partial charge in [0, 0.05) is 12.5 Å². The molecule has 0 radical (unpaired) electrons. The minimum atomic E-state index is -3.53. The monoisotopic (exact) mass is 287 g/mol. The van der Waals surface area contributed by atoms with Crippen LogP contribution in [0.3, 0.4) is 0 Å². The van der Waals surface area contributed by atoms with Gasteiger partial charge in [-0.05, 0) is 31.0 Å². The molecule has 0 saturated carbocycles. The van der Waals surface area contributed by atoms with E-state index in [2.05, 4.69) is 4.72 Å². The average molecular weight is 287 g/mol. The Kier molecular flexibility index (Phi) is 5.31. The SMILES string of the molecule is CC(NS(=O)(=O)CCCC(=O)O)c1cccc(O)c1. The number of phenols is 1. The zero-order chi connectivity index (χ0) is 14.5. The Bertz CT molecular complexity index is 541. The molecule has 1 rings (SSSR count). The number of aromatic hydroxyl groups is 1. The molecule has 0 bridgehead atoms. The molecule has 0 spiro atoms. The topological polar surface area (TPSA) is 104 Å². The van der Waals surface area contributed by atoms with Crippen molar-refractivity contribution in [3.63, 3.8) is 0 Å². The van der Waals surface area contributed by atoms with E-state index < -0.39 is 22.0 Å². The highest BCUT2D eigenvalue weighted by atomic mass is 32.2. The van der Waals surface area contributed by atoms with E-state index in [1.54, 1.807) is 19.1 Å². The fraction of sp³-hybridized carbons (Fsp3) is 0.417. The van der Waals surface area contributed by atoms with Crippen molar-refractivity contribution >= 4 is 16.0 Å². The maximum Gasteiger partial charge on any atom is 0.303 e. The number of aliphatic carboxylic acids is 1. The standard InChI is InChI=1S/C12H17NO5S/c1-9(10-4-2-5-11(14)8-10)13-19(17,18)7-3-6-12(15)16/h2,4-5,8-9,13-14H,3,6-7H2,1H3,(H,15,16). The van der Waals surface area contributed by atoms with Gasteiger partial charge in [-0.15, -0.1) is 0 Å². The fourth-order valence-electron chi connectivity index (χ4n) is 1.60. The van der Waals surface area contributed by atoms with Gasteiger partial charge in [0.2, 0.25) is 10.0 Å². The van der Waals surface area contributed by atoms with Crippen LogP contribution < -0.4 is 4.72 Å². The third kappa shape index (κ3) is 5.71. The van der Waals surface area contributed by atoms with E-state index in [9.17, 15) is 18.3 Å². The third-order valence-electron chi connectivity index (χ3n) is 2.53. The van der Waals surface area contributed by atoms with Crippen molar-refractivity contribution in [2.75, 3.05) is 5.75 Å². The van der Waals surface area contributed by atoms with Crippen molar-refractivity contribution < 1.29 is 23.4 Å². The van der Waals surface area contributed by atoms with Gasteiger partial charge in [0.1, 0.15) is 5.75 Å². The number of carboxylic acid groups (broad SMARTS) is 1. The number of hydrogen-bond acceptors (Lipinski definition) is 4. The molecule has 1 aromatic rings. The number of hydrogen-bond donors (Lipinski definition) is 3. The Morgan fingerprint density at radius 2 is 2.11 bits per heavy atom. The summed E-state index contributed by atoms with van der Waals surface area (Å²) in [5.41, 5.74) is 0.641. The lowest BCUT2D eigenvalue weighted by Crippen LogP contribution is -2.29. The van der Waals surface area contributed by atoms with Gasteiger partial charge < -0.3 is 10.2 Å². The first kappa shape index (κ1) is 15.5. The van der Waals surface area contributed by atoms with Crippen molar-refractivity contribution in [2.45, 2.75) is 25.8 Å². The molecule has 0 saturated heterocycles. The minimum Gasteiger partial charge on any atom is -0.508 e. The molecule has 3 N–H and O–H groups in total. The number of nitrogens with one attached hydrogen (secondary N) is 1. The molecular weight excluding hydrogens is 270 g/mol. The second kappa shape index (κ2) is 6.53. The van der Waals surface area contributed by atoms with Gasteiger partial charge in [-0.3, -0.25) is 4.79 Å². The first-order valence-electron chi connectivity index (χ1n) is 5.81. The minimum absolute atomic E-state index is 0.0643. The third-order valence-corrected chi connectivity index (χ3v) is 4.07. The zero-order valence-electron chi connectivity index (χ0n) is 10.5. The van der Waals surface area contributed by atoms with Crippen molar-refractivity contribution in [3.8, 4) is 5.75 Å². The summed E-state index contributed by atoms with van der Waals surface area (Å²) in [5.74, 6) is -1.19. The maximum absolute atomic E-state index is 11.7. The van der Waals surface area contributed by atoms with Crippen LogP contribution in [0.2, 0.25) is 0 Å². The summed E-state index contributed by atoms with van der Waals surface area (Å²) in [5, 5.41) is 17.8. The summed E-state index contributed by atoms with van der Waals surface area (Å²) in [6.07, 6.45) is -0.112. The van der Waals surface area contributed by atoms with Crippen molar-refractivity contribution in [2.24, 2.45) is 0 Å². The summed E-state index contributed by atoms with van der Waals surface area (Å²) in [7, 11) is -3.53. The van der Waals surface area contributed by atoms with Crippen LogP contribution in [-0.4, -0.2) is 30.4 Å². The van der Waals surface area contributed by atoms with Gasteiger partial charge in [-0.1, -0.05) is 12.1 Å². The Balaban J connectivity index is 2.60. The summed E-state index contributed by atoms with van der Waals surface area (Å²) in [6.45, 7) is 1.66. The number of phenolic OH excluding ortho intramolecular Hbond substituents is 1. The van der Waals surface area contributed by atoms with Gasteiger partial charge >= 0.3 is 5.97 Å². The van der Waals surface area contributed by atoms with E-state index >= 15 is 0 Å². The lowest BCUT2D eigenvalue weighted by Gasteiger charge is -2.14. The highest BCUT2D eigenvalue weighted by Crippen LogP contribution is 2.18. The molecule has 7 heteroatoms. The molecule has 6 nitrogen and oxygen atoms in total. The second-order valence-electron chi connectivity index (χ2n) is 4.25. The van der Waals surface area contributed by atoms with Crippen LogP contribution in [0.4, 0.5) is 0 Å². The van der Waals surface area contributed by atoms with Gasteiger partial charge in [-0.25, -0.2) is 13.1 Å². The van der Waals surface area contributed by atoms with Crippen LogP contribution in [0.15, 0.2) is 24.3 Å². The molecule has 0 fully saturated rings. The lowest BCUT2D eigenvalue weighted by atomic mass is 10.1. The summed E-state index contributed by atoms with van der Waals surface area (Å²) < 4.78 is 25.9. The number of sulfonamides is 1. The first-order valence-corrected chi connectivity index (χ1v) is 7.46. The highest BCUT2D eigenvalue weighted by molar-refractivity contribution is 7.89. The molecule has 0 aliphatic heterocycles. The van der Waals surface area contributed by atoms with E-state index in [1.165, 1.54) is 12.1 Å². The van der Waals surface area contributed by atoms with Crippen molar-refractivity contribution in [1.29, 1.82) is 0 Å². The second-order valence-corrected chi connectivity index (χ2v) is 6.12. The Morgan fingerprint density at radius 3 is 2.68 bits per heavy atom. The summed E-state index contributed by atoms with van der Waals surface area (Å²) >= 11 is 0. The molecule has 1 aromatic carbocycles. The summed E-state index contributed by atoms with van der Waals surface area (Å²) in [4.78, 5) is 10.3. The van der Waals surface area contributed by atoms with E-state index in [0.717, 1.165) is 0 Å². The van der Waals surface area contributed by atoms with Crippen LogP contribution in [-0.2, 0) is 14.8 Å². The normalized spacial score (nSPS) is 13.1. The molecule has 19 heavy (non-hydrogen) atoms. The predicted molar refractivity (Wildman–Crippen MR) is 70.3 cm³/mol. The molecule has 0 aliphatic carbocycles. The molecule has 0 aliphatic rings. The number of rotatable bonds is 7. The zero-order valence-corrected chi connectivity index (χ0v) is 11.4. The molecule has 0 amide bonds. The largest absolute Gasteiger partial charge is 0.508 e. The van der Waals surface area contributed by atoms with Crippen LogP contribution in [0.1, 0.15) is 31.4 Å². The number of carboxylic acids is 1. The Labute approximate surface area is 112 Å². The van der Waals surface area contributed by atoms with Crippen LogP contribution >= 0.6 is 0 Å². The highest BCUT2D eigenvalue weighted by Gasteiger charge is 2.16. The lowest BCUT2D eigenvalue weighted by molar-refractivity contribution is -0.137. The quantitative estimate of drug-likeness (QED) is 0.700. The molecule has 1 atom stereocenters. The number of benzene rings is 1. The molecule has 1 unspecified atom stereocenters. The average Bonchev–Trinajstić information content (AvgIpc) is 2.27. The van der Waals surface area contributed by atoms with E-state index in [-0.39, 0.29) is 24.3 Å². The van der Waals surface area contributed by atoms with Gasteiger partial charge in [0.05, 0.1) is 5.75 Å². The van der Waals surface area contributed by atoms with Gasteiger partial charge in [0.25, 0.3) is 0 Å².